The lowest BCUT2D eigenvalue weighted by Crippen LogP contribution is -2.39. The standard InChI is InChI=1S/C16H16ClN3O2/c1-20-14(21)9-13(19-16(22)12-3-2-8-18-12)15(20)10-4-6-11(17)7-5-10/h2-8,13,15,18H,9H2,1H3,(H,19,22)/t13-,15-/m0/s1. The SMILES string of the molecule is CN1C(=O)C[C@H](NC(=O)c2ccc[nH]2)[C@@H]1c1ccc(Cl)cc1. The van der Waals surface area contributed by atoms with Crippen molar-refractivity contribution in [3.63, 3.8) is 0 Å². The first-order chi connectivity index (χ1) is 10.6. The van der Waals surface area contributed by atoms with E-state index in [1.54, 1.807) is 42.4 Å². The lowest BCUT2D eigenvalue weighted by Gasteiger charge is -2.26. The Bertz CT molecular complexity index is 682. The van der Waals surface area contributed by atoms with Gasteiger partial charge in [-0.3, -0.25) is 9.59 Å². The number of aromatic amines is 1. The number of hydrogen-bond donors (Lipinski definition) is 2. The van der Waals surface area contributed by atoms with E-state index in [0.29, 0.717) is 10.7 Å². The van der Waals surface area contributed by atoms with E-state index in [4.69, 9.17) is 11.6 Å². The van der Waals surface area contributed by atoms with Crippen LogP contribution in [0.2, 0.25) is 5.02 Å². The van der Waals surface area contributed by atoms with E-state index in [1.165, 1.54) is 0 Å². The highest BCUT2D eigenvalue weighted by Gasteiger charge is 2.39. The summed E-state index contributed by atoms with van der Waals surface area (Å²) in [5.74, 6) is -0.200. The van der Waals surface area contributed by atoms with Crippen LogP contribution in [0.15, 0.2) is 42.6 Å². The minimum absolute atomic E-state index is 0.0109. The number of nitrogens with zero attached hydrogens (tertiary/aromatic N) is 1. The third-order valence-electron chi connectivity index (χ3n) is 3.96. The second-order valence-corrected chi connectivity index (χ2v) is 5.81. The Morgan fingerprint density at radius 2 is 2.05 bits per heavy atom. The number of halogens is 1. The molecule has 1 aromatic carbocycles. The van der Waals surface area contributed by atoms with Crippen LogP contribution in [-0.2, 0) is 4.79 Å². The molecule has 2 N–H and O–H groups in total. The lowest BCUT2D eigenvalue weighted by atomic mass is 10.00. The summed E-state index contributed by atoms with van der Waals surface area (Å²) in [6, 6.07) is 10.4. The molecular formula is C16H16ClN3O2. The summed E-state index contributed by atoms with van der Waals surface area (Å²) in [5.41, 5.74) is 1.44. The molecular weight excluding hydrogens is 302 g/mol. The van der Waals surface area contributed by atoms with Crippen molar-refractivity contribution in [3.05, 3.63) is 58.9 Å². The molecule has 1 fully saturated rings. The van der Waals surface area contributed by atoms with Crippen molar-refractivity contribution in [2.24, 2.45) is 0 Å². The number of hydrogen-bond acceptors (Lipinski definition) is 2. The quantitative estimate of drug-likeness (QED) is 0.912. The highest BCUT2D eigenvalue weighted by Crippen LogP contribution is 2.32. The molecule has 5 nitrogen and oxygen atoms in total. The second-order valence-electron chi connectivity index (χ2n) is 5.37. The van der Waals surface area contributed by atoms with E-state index in [1.807, 2.05) is 12.1 Å². The first-order valence-corrected chi connectivity index (χ1v) is 7.39. The monoisotopic (exact) mass is 317 g/mol. The van der Waals surface area contributed by atoms with Gasteiger partial charge in [-0.2, -0.15) is 0 Å². The summed E-state index contributed by atoms with van der Waals surface area (Å²) < 4.78 is 0. The number of nitrogens with one attached hydrogen (secondary N) is 2. The fraction of sp³-hybridized carbons (Fsp3) is 0.250. The zero-order valence-corrected chi connectivity index (χ0v) is 12.8. The number of likely N-dealkylation sites (tertiary alicyclic amines) is 1. The zero-order valence-electron chi connectivity index (χ0n) is 12.0. The minimum Gasteiger partial charge on any atom is -0.357 e. The van der Waals surface area contributed by atoms with Crippen LogP contribution in [0.3, 0.4) is 0 Å². The number of likely N-dealkylation sites (N-methyl/N-ethyl adjacent to an activating group) is 1. The fourth-order valence-electron chi connectivity index (χ4n) is 2.83. The van der Waals surface area contributed by atoms with Crippen LogP contribution >= 0.6 is 11.6 Å². The van der Waals surface area contributed by atoms with Crippen molar-refractivity contribution >= 4 is 23.4 Å². The number of H-pyrrole nitrogens is 1. The summed E-state index contributed by atoms with van der Waals surface area (Å²) in [7, 11) is 1.75. The molecule has 1 saturated heterocycles. The van der Waals surface area contributed by atoms with Gasteiger partial charge in [0.25, 0.3) is 5.91 Å². The van der Waals surface area contributed by atoms with Gasteiger partial charge in [-0.15, -0.1) is 0 Å². The number of carbonyl (C=O) groups excluding carboxylic acids is 2. The summed E-state index contributed by atoms with van der Waals surface area (Å²) in [4.78, 5) is 28.8. The third kappa shape index (κ3) is 2.72. The number of amides is 2. The Kier molecular flexibility index (Phi) is 3.90. The van der Waals surface area contributed by atoms with Crippen molar-refractivity contribution in [1.82, 2.24) is 15.2 Å². The van der Waals surface area contributed by atoms with Crippen LogP contribution in [0.1, 0.15) is 28.5 Å². The maximum atomic E-state index is 12.2. The molecule has 0 unspecified atom stereocenters. The van der Waals surface area contributed by atoms with Gasteiger partial charge >= 0.3 is 0 Å². The van der Waals surface area contributed by atoms with Crippen molar-refractivity contribution < 1.29 is 9.59 Å². The molecule has 6 heteroatoms. The molecule has 0 radical (unpaired) electrons. The number of rotatable bonds is 3. The first kappa shape index (κ1) is 14.7. The van der Waals surface area contributed by atoms with E-state index in [0.717, 1.165) is 5.56 Å². The van der Waals surface area contributed by atoms with Gasteiger partial charge in [0.15, 0.2) is 0 Å². The molecule has 0 saturated carbocycles. The van der Waals surface area contributed by atoms with E-state index >= 15 is 0 Å². The second kappa shape index (κ2) is 5.85. The summed E-state index contributed by atoms with van der Waals surface area (Å²) in [5, 5.41) is 3.58. The van der Waals surface area contributed by atoms with Crippen LogP contribution in [-0.4, -0.2) is 34.8 Å². The Hall–Kier alpha value is -2.27. The maximum Gasteiger partial charge on any atom is 0.268 e. The van der Waals surface area contributed by atoms with Crippen LogP contribution in [0.5, 0.6) is 0 Å². The first-order valence-electron chi connectivity index (χ1n) is 7.01. The average molecular weight is 318 g/mol. The lowest BCUT2D eigenvalue weighted by molar-refractivity contribution is -0.127. The summed E-state index contributed by atoms with van der Waals surface area (Å²) in [6.07, 6.45) is 1.98. The molecule has 1 aliphatic rings. The average Bonchev–Trinajstić information content (AvgIpc) is 3.11. The molecule has 22 heavy (non-hydrogen) atoms. The van der Waals surface area contributed by atoms with Crippen LogP contribution in [0, 0.1) is 0 Å². The van der Waals surface area contributed by atoms with Gasteiger partial charge < -0.3 is 15.2 Å². The molecule has 3 rings (SSSR count). The summed E-state index contributed by atoms with van der Waals surface area (Å²) >= 11 is 5.92. The Balaban J connectivity index is 1.83. The summed E-state index contributed by atoms with van der Waals surface area (Å²) in [6.45, 7) is 0. The van der Waals surface area contributed by atoms with Crippen molar-refractivity contribution in [2.75, 3.05) is 7.05 Å². The normalized spacial score (nSPS) is 21.2. The molecule has 2 atom stereocenters. The van der Waals surface area contributed by atoms with Gasteiger partial charge in [-0.25, -0.2) is 0 Å². The highest BCUT2D eigenvalue weighted by molar-refractivity contribution is 6.30. The van der Waals surface area contributed by atoms with E-state index in [9.17, 15) is 9.59 Å². The predicted octanol–water partition coefficient (Wildman–Crippen LogP) is 2.37. The Morgan fingerprint density at radius 1 is 1.32 bits per heavy atom. The van der Waals surface area contributed by atoms with Crippen LogP contribution < -0.4 is 5.32 Å². The number of carbonyl (C=O) groups is 2. The van der Waals surface area contributed by atoms with Gasteiger partial charge in [0, 0.05) is 24.7 Å². The van der Waals surface area contributed by atoms with E-state index in [-0.39, 0.29) is 30.3 Å². The third-order valence-corrected chi connectivity index (χ3v) is 4.21. The molecule has 0 spiro atoms. The predicted molar refractivity (Wildman–Crippen MR) is 83.6 cm³/mol. The smallest absolute Gasteiger partial charge is 0.268 e. The van der Waals surface area contributed by atoms with E-state index in [2.05, 4.69) is 10.3 Å². The van der Waals surface area contributed by atoms with Crippen molar-refractivity contribution in [1.29, 1.82) is 0 Å². The molecule has 0 bridgehead atoms. The Morgan fingerprint density at radius 3 is 2.68 bits per heavy atom. The molecule has 1 aromatic heterocycles. The molecule has 1 aliphatic heterocycles. The van der Waals surface area contributed by atoms with Crippen molar-refractivity contribution in [2.45, 2.75) is 18.5 Å². The molecule has 2 amide bonds. The number of benzene rings is 1. The maximum absolute atomic E-state index is 12.2. The van der Waals surface area contributed by atoms with Crippen LogP contribution in [0.4, 0.5) is 0 Å². The molecule has 2 aromatic rings. The molecule has 2 heterocycles. The fourth-order valence-corrected chi connectivity index (χ4v) is 2.96. The topological polar surface area (TPSA) is 65.2 Å². The molecule has 114 valence electrons. The van der Waals surface area contributed by atoms with E-state index < -0.39 is 0 Å². The zero-order chi connectivity index (χ0) is 15.7. The van der Waals surface area contributed by atoms with Gasteiger partial charge in [-0.1, -0.05) is 23.7 Å². The van der Waals surface area contributed by atoms with Gasteiger partial charge in [0.05, 0.1) is 12.1 Å². The van der Waals surface area contributed by atoms with Crippen LogP contribution in [0.25, 0.3) is 0 Å². The van der Waals surface area contributed by atoms with Gasteiger partial charge in [0.1, 0.15) is 5.69 Å². The largest absolute Gasteiger partial charge is 0.357 e. The van der Waals surface area contributed by atoms with Gasteiger partial charge in [-0.05, 0) is 29.8 Å². The van der Waals surface area contributed by atoms with Crippen molar-refractivity contribution in [3.8, 4) is 0 Å². The highest BCUT2D eigenvalue weighted by atomic mass is 35.5. The Labute approximate surface area is 133 Å². The minimum atomic E-state index is -0.269. The number of aromatic nitrogens is 1. The molecule has 0 aliphatic carbocycles. The van der Waals surface area contributed by atoms with Gasteiger partial charge in [0.2, 0.25) is 5.91 Å².